The fourth-order valence-electron chi connectivity index (χ4n) is 2.96. The van der Waals surface area contributed by atoms with Crippen LogP contribution in [0.15, 0.2) is 59.5 Å². The van der Waals surface area contributed by atoms with Crippen LogP contribution in [0.2, 0.25) is 5.02 Å². The minimum absolute atomic E-state index is 0.134. The van der Waals surface area contributed by atoms with E-state index in [9.17, 15) is 14.9 Å². The molecule has 3 aromatic rings. The van der Waals surface area contributed by atoms with Crippen LogP contribution in [-0.2, 0) is 9.53 Å². The van der Waals surface area contributed by atoms with E-state index < -0.39 is 11.9 Å². The number of hydrogen-bond acceptors (Lipinski definition) is 6. The molecule has 0 fully saturated rings. The molecule has 2 aromatic carbocycles. The monoisotopic (exact) mass is 466 g/mol. The highest BCUT2D eigenvalue weighted by Crippen LogP contribution is 2.37. The summed E-state index contributed by atoms with van der Waals surface area (Å²) >= 11 is 7.14. The van der Waals surface area contributed by atoms with Gasteiger partial charge in [-0.3, -0.25) is 4.79 Å². The van der Waals surface area contributed by atoms with Crippen LogP contribution < -0.4 is 10.1 Å². The van der Waals surface area contributed by atoms with E-state index in [4.69, 9.17) is 21.1 Å². The minimum atomic E-state index is -0.645. The standard InChI is InChI=1S/C24H19ClN2O4S/c1-3-31-24(29)21-19(15-8-10-18(25)11-9-15)14-32-23(21)27-22(28)17(13-26)12-16-6-4-5-7-20(16)30-2/h4-12,14H,3H2,1-2H3,(H,27,28). The van der Waals surface area contributed by atoms with Crippen molar-refractivity contribution in [1.82, 2.24) is 0 Å². The van der Waals surface area contributed by atoms with Gasteiger partial charge >= 0.3 is 5.97 Å². The molecule has 3 rings (SSSR count). The zero-order valence-electron chi connectivity index (χ0n) is 17.3. The molecule has 0 aliphatic heterocycles. The van der Waals surface area contributed by atoms with Crippen LogP contribution in [0, 0.1) is 11.3 Å². The molecule has 6 nitrogen and oxygen atoms in total. The SMILES string of the molecule is CCOC(=O)c1c(-c2ccc(Cl)cc2)csc1NC(=O)C(C#N)=Cc1ccccc1OC. The zero-order chi connectivity index (χ0) is 23.1. The number of nitrogens with zero attached hydrogens (tertiary/aromatic N) is 1. The highest BCUT2D eigenvalue weighted by atomic mass is 35.5. The molecule has 0 unspecified atom stereocenters. The third-order valence-corrected chi connectivity index (χ3v) is 5.60. The number of methoxy groups -OCH3 is 1. The van der Waals surface area contributed by atoms with Gasteiger partial charge in [0.1, 0.15) is 28.0 Å². The maximum atomic E-state index is 12.9. The van der Waals surface area contributed by atoms with Crippen molar-refractivity contribution in [2.45, 2.75) is 6.92 Å². The maximum Gasteiger partial charge on any atom is 0.341 e. The van der Waals surface area contributed by atoms with E-state index in [1.165, 1.54) is 24.5 Å². The molecule has 0 aliphatic carbocycles. The van der Waals surface area contributed by atoms with Gasteiger partial charge in [-0.25, -0.2) is 4.79 Å². The van der Waals surface area contributed by atoms with Gasteiger partial charge in [0.2, 0.25) is 0 Å². The summed E-state index contributed by atoms with van der Waals surface area (Å²) in [6.45, 7) is 1.88. The molecule has 0 spiro atoms. The molecule has 1 heterocycles. The topological polar surface area (TPSA) is 88.4 Å². The summed E-state index contributed by atoms with van der Waals surface area (Å²) in [5.74, 6) is -0.684. The van der Waals surface area contributed by atoms with Gasteiger partial charge in [0.05, 0.1) is 13.7 Å². The number of amides is 1. The van der Waals surface area contributed by atoms with Crippen molar-refractivity contribution < 1.29 is 19.1 Å². The van der Waals surface area contributed by atoms with E-state index in [-0.39, 0.29) is 17.7 Å². The Morgan fingerprint density at radius 1 is 1.19 bits per heavy atom. The Bertz CT molecular complexity index is 1210. The number of carbonyl (C=O) groups excluding carboxylic acids is 2. The van der Waals surface area contributed by atoms with E-state index in [1.807, 2.05) is 6.07 Å². The van der Waals surface area contributed by atoms with Crippen molar-refractivity contribution in [2.75, 3.05) is 19.0 Å². The molecule has 0 atom stereocenters. The van der Waals surface area contributed by atoms with Gasteiger partial charge in [-0.2, -0.15) is 5.26 Å². The van der Waals surface area contributed by atoms with Gasteiger partial charge in [0, 0.05) is 21.5 Å². The average molecular weight is 467 g/mol. The van der Waals surface area contributed by atoms with E-state index in [2.05, 4.69) is 5.32 Å². The van der Waals surface area contributed by atoms with Crippen LogP contribution in [0.1, 0.15) is 22.8 Å². The summed E-state index contributed by atoms with van der Waals surface area (Å²) in [4.78, 5) is 25.6. The molecule has 0 bridgehead atoms. The first-order valence-electron chi connectivity index (χ1n) is 9.59. The Balaban J connectivity index is 1.97. The molecular formula is C24H19ClN2O4S. The van der Waals surface area contributed by atoms with Crippen molar-refractivity contribution in [1.29, 1.82) is 5.26 Å². The number of rotatable bonds is 7. The van der Waals surface area contributed by atoms with Crippen molar-refractivity contribution in [2.24, 2.45) is 0 Å². The van der Waals surface area contributed by atoms with Gasteiger partial charge in [-0.1, -0.05) is 41.9 Å². The Kier molecular flexibility index (Phi) is 7.66. The van der Waals surface area contributed by atoms with Crippen LogP contribution in [-0.4, -0.2) is 25.6 Å². The van der Waals surface area contributed by atoms with Crippen LogP contribution in [0.5, 0.6) is 5.75 Å². The first kappa shape index (κ1) is 23.1. The molecule has 1 amide bonds. The predicted molar refractivity (Wildman–Crippen MR) is 126 cm³/mol. The van der Waals surface area contributed by atoms with Gasteiger partial charge in [-0.05, 0) is 36.8 Å². The number of esters is 1. The molecule has 1 N–H and O–H groups in total. The van der Waals surface area contributed by atoms with Crippen molar-refractivity contribution >= 4 is 45.9 Å². The number of halogens is 1. The lowest BCUT2D eigenvalue weighted by atomic mass is 10.0. The fraction of sp³-hybridized carbons (Fsp3) is 0.125. The second kappa shape index (κ2) is 10.6. The lowest BCUT2D eigenvalue weighted by Gasteiger charge is -2.09. The Labute approximate surface area is 194 Å². The second-order valence-electron chi connectivity index (χ2n) is 6.45. The highest BCUT2D eigenvalue weighted by Gasteiger charge is 2.24. The van der Waals surface area contributed by atoms with Crippen molar-refractivity contribution in [3.63, 3.8) is 0 Å². The number of nitriles is 1. The molecular weight excluding hydrogens is 448 g/mol. The summed E-state index contributed by atoms with van der Waals surface area (Å²) in [6.07, 6.45) is 1.44. The van der Waals surface area contributed by atoms with Gasteiger partial charge in [-0.15, -0.1) is 11.3 Å². The quantitative estimate of drug-likeness (QED) is 0.270. The molecule has 0 radical (unpaired) electrons. The number of nitrogens with one attached hydrogen (secondary N) is 1. The Morgan fingerprint density at radius 2 is 1.91 bits per heavy atom. The number of hydrogen-bond donors (Lipinski definition) is 1. The molecule has 0 saturated heterocycles. The van der Waals surface area contributed by atoms with Crippen LogP contribution >= 0.6 is 22.9 Å². The average Bonchev–Trinajstić information content (AvgIpc) is 3.21. The summed E-state index contributed by atoms with van der Waals surface area (Å²) in [7, 11) is 1.51. The summed E-state index contributed by atoms with van der Waals surface area (Å²) in [5.41, 5.74) is 2.03. The van der Waals surface area contributed by atoms with E-state index in [0.29, 0.717) is 26.9 Å². The molecule has 1 aromatic heterocycles. The van der Waals surface area contributed by atoms with E-state index in [0.717, 1.165) is 5.56 Å². The third-order valence-electron chi connectivity index (χ3n) is 4.46. The van der Waals surface area contributed by atoms with Gasteiger partial charge < -0.3 is 14.8 Å². The normalized spacial score (nSPS) is 10.9. The van der Waals surface area contributed by atoms with Crippen LogP contribution in [0.25, 0.3) is 17.2 Å². The molecule has 32 heavy (non-hydrogen) atoms. The fourth-order valence-corrected chi connectivity index (χ4v) is 4.04. The van der Waals surface area contributed by atoms with Crippen molar-refractivity contribution in [3.05, 3.63) is 75.6 Å². The zero-order valence-corrected chi connectivity index (χ0v) is 18.9. The second-order valence-corrected chi connectivity index (χ2v) is 7.76. The number of benzene rings is 2. The number of carbonyl (C=O) groups is 2. The van der Waals surface area contributed by atoms with E-state index in [1.54, 1.807) is 60.8 Å². The van der Waals surface area contributed by atoms with Crippen molar-refractivity contribution in [3.8, 4) is 22.9 Å². The van der Waals surface area contributed by atoms with Gasteiger partial charge in [0.15, 0.2) is 0 Å². The first-order chi connectivity index (χ1) is 15.5. The van der Waals surface area contributed by atoms with Gasteiger partial charge in [0.25, 0.3) is 5.91 Å². The van der Waals surface area contributed by atoms with E-state index >= 15 is 0 Å². The highest BCUT2D eigenvalue weighted by molar-refractivity contribution is 7.15. The third kappa shape index (κ3) is 5.17. The van der Waals surface area contributed by atoms with Crippen LogP contribution in [0.3, 0.4) is 0 Å². The minimum Gasteiger partial charge on any atom is -0.496 e. The lowest BCUT2D eigenvalue weighted by molar-refractivity contribution is -0.112. The predicted octanol–water partition coefficient (Wildman–Crippen LogP) is 5.80. The summed E-state index contributed by atoms with van der Waals surface area (Å²) in [6, 6.07) is 15.9. The summed E-state index contributed by atoms with van der Waals surface area (Å²) in [5, 5.41) is 14.8. The molecule has 0 aliphatic rings. The molecule has 162 valence electrons. The molecule has 0 saturated carbocycles. The lowest BCUT2D eigenvalue weighted by Crippen LogP contribution is -2.16. The maximum absolute atomic E-state index is 12.9. The smallest absolute Gasteiger partial charge is 0.341 e. The first-order valence-corrected chi connectivity index (χ1v) is 10.8. The number of thiophene rings is 1. The Hall–Kier alpha value is -3.60. The Morgan fingerprint density at radius 3 is 2.56 bits per heavy atom. The van der Waals surface area contributed by atoms with Crippen LogP contribution in [0.4, 0.5) is 5.00 Å². The molecule has 8 heteroatoms. The summed E-state index contributed by atoms with van der Waals surface area (Å²) < 4.78 is 10.5. The number of para-hydroxylation sites is 1. The number of anilines is 1. The number of ether oxygens (including phenoxy) is 2. The largest absolute Gasteiger partial charge is 0.496 e.